The van der Waals surface area contributed by atoms with Gasteiger partial charge < -0.3 is 15.7 Å². The van der Waals surface area contributed by atoms with Gasteiger partial charge in [-0.15, -0.1) is 0 Å². The van der Waals surface area contributed by atoms with Crippen molar-refractivity contribution in [1.82, 2.24) is 15.3 Å². The molecule has 0 bridgehead atoms. The highest BCUT2D eigenvalue weighted by atomic mass is 16.1. The summed E-state index contributed by atoms with van der Waals surface area (Å²) in [6.07, 6.45) is 3.36. The molecule has 0 spiro atoms. The van der Waals surface area contributed by atoms with Crippen LogP contribution >= 0.6 is 0 Å². The van der Waals surface area contributed by atoms with Crippen molar-refractivity contribution in [2.45, 2.75) is 13.5 Å². The first-order valence-electron chi connectivity index (χ1n) is 5.54. The van der Waals surface area contributed by atoms with E-state index in [-0.39, 0.29) is 5.91 Å². The molecule has 2 rings (SSSR count). The lowest BCUT2D eigenvalue weighted by Crippen LogP contribution is -2.23. The average Bonchev–Trinajstić information content (AvgIpc) is 2.89. The molecule has 6 nitrogen and oxygen atoms in total. The number of anilines is 1. The molecule has 0 fully saturated rings. The van der Waals surface area contributed by atoms with Gasteiger partial charge in [0.05, 0.1) is 12.2 Å². The number of hydrogen-bond acceptors (Lipinski definition) is 4. The lowest BCUT2D eigenvalue weighted by atomic mass is 10.1. The van der Waals surface area contributed by atoms with Crippen molar-refractivity contribution in [3.05, 3.63) is 47.5 Å². The van der Waals surface area contributed by atoms with Gasteiger partial charge in [-0.2, -0.15) is 0 Å². The lowest BCUT2D eigenvalue weighted by Gasteiger charge is -2.08. The second-order valence-corrected chi connectivity index (χ2v) is 3.89. The van der Waals surface area contributed by atoms with E-state index in [1.807, 2.05) is 6.92 Å². The molecular weight excluding hydrogens is 230 g/mol. The van der Waals surface area contributed by atoms with Crippen molar-refractivity contribution in [2.24, 2.45) is 5.84 Å². The molecule has 6 heteroatoms. The number of carbonyl (C=O) groups is 1. The Hall–Kier alpha value is -2.34. The summed E-state index contributed by atoms with van der Waals surface area (Å²) in [7, 11) is 0. The highest BCUT2D eigenvalue weighted by Gasteiger charge is 2.07. The first kappa shape index (κ1) is 12.1. The Labute approximate surface area is 105 Å². The number of imidazole rings is 1. The molecule has 0 aliphatic heterocycles. The van der Waals surface area contributed by atoms with Crippen LogP contribution in [0.3, 0.4) is 0 Å². The van der Waals surface area contributed by atoms with E-state index < -0.39 is 0 Å². The molecule has 18 heavy (non-hydrogen) atoms. The van der Waals surface area contributed by atoms with Crippen molar-refractivity contribution >= 4 is 11.6 Å². The predicted octanol–water partition coefficient (Wildman–Crippen LogP) is 0.934. The Morgan fingerprint density at radius 2 is 2.33 bits per heavy atom. The maximum Gasteiger partial charge on any atom is 0.251 e. The lowest BCUT2D eigenvalue weighted by molar-refractivity contribution is 0.0950. The Morgan fingerprint density at radius 3 is 2.94 bits per heavy atom. The molecule has 2 aromatic rings. The molecule has 1 aromatic heterocycles. The highest BCUT2D eigenvalue weighted by Crippen LogP contribution is 2.15. The minimum Gasteiger partial charge on any atom is -0.347 e. The monoisotopic (exact) mass is 245 g/mol. The molecule has 1 aromatic carbocycles. The van der Waals surface area contributed by atoms with Gasteiger partial charge in [-0.3, -0.25) is 10.6 Å². The number of H-pyrrole nitrogens is 1. The third-order valence-electron chi connectivity index (χ3n) is 2.62. The maximum absolute atomic E-state index is 11.9. The molecule has 0 radical (unpaired) electrons. The van der Waals surface area contributed by atoms with Crippen LogP contribution in [0.1, 0.15) is 21.7 Å². The molecule has 94 valence electrons. The van der Waals surface area contributed by atoms with Gasteiger partial charge in [0, 0.05) is 18.0 Å². The number of hydrazine groups is 1. The van der Waals surface area contributed by atoms with Crippen LogP contribution in [-0.4, -0.2) is 15.9 Å². The van der Waals surface area contributed by atoms with Crippen LogP contribution < -0.4 is 16.6 Å². The Bertz CT molecular complexity index is 535. The second kappa shape index (κ2) is 5.33. The zero-order valence-electron chi connectivity index (χ0n) is 10.0. The number of nitrogens with one attached hydrogen (secondary N) is 3. The fraction of sp³-hybridized carbons (Fsp3) is 0.167. The summed E-state index contributed by atoms with van der Waals surface area (Å²) in [6, 6.07) is 5.28. The number of benzene rings is 1. The smallest absolute Gasteiger partial charge is 0.251 e. The fourth-order valence-electron chi connectivity index (χ4n) is 1.63. The van der Waals surface area contributed by atoms with Crippen molar-refractivity contribution in [1.29, 1.82) is 0 Å². The Morgan fingerprint density at radius 1 is 1.50 bits per heavy atom. The minimum atomic E-state index is -0.141. The average molecular weight is 245 g/mol. The quantitative estimate of drug-likeness (QED) is 0.476. The largest absolute Gasteiger partial charge is 0.347 e. The summed E-state index contributed by atoms with van der Waals surface area (Å²) >= 11 is 0. The molecule has 0 saturated carbocycles. The van der Waals surface area contributed by atoms with Gasteiger partial charge in [-0.05, 0) is 30.7 Å². The van der Waals surface area contributed by atoms with E-state index in [2.05, 4.69) is 20.7 Å². The number of nitrogen functional groups attached to an aromatic ring is 1. The first-order chi connectivity index (χ1) is 8.70. The van der Waals surface area contributed by atoms with Gasteiger partial charge in [-0.25, -0.2) is 4.98 Å². The standard InChI is InChI=1S/C12H15N5O/c1-8-6-9(2-3-10(8)17-13)12(18)16-7-11-14-4-5-15-11/h2-6,17H,7,13H2,1H3,(H,14,15)(H,16,18). The topological polar surface area (TPSA) is 95.8 Å². The first-order valence-corrected chi connectivity index (χ1v) is 5.54. The van der Waals surface area contributed by atoms with E-state index in [0.29, 0.717) is 12.1 Å². The van der Waals surface area contributed by atoms with Crippen LogP contribution in [0.5, 0.6) is 0 Å². The molecule has 1 amide bonds. The number of aryl methyl sites for hydroxylation is 1. The zero-order valence-corrected chi connectivity index (χ0v) is 10.0. The van der Waals surface area contributed by atoms with Crippen LogP contribution in [0.15, 0.2) is 30.6 Å². The summed E-state index contributed by atoms with van der Waals surface area (Å²) in [6.45, 7) is 2.26. The minimum absolute atomic E-state index is 0.141. The highest BCUT2D eigenvalue weighted by molar-refractivity contribution is 5.94. The fourth-order valence-corrected chi connectivity index (χ4v) is 1.63. The number of carbonyl (C=O) groups excluding carboxylic acids is 1. The summed E-state index contributed by atoms with van der Waals surface area (Å²) < 4.78 is 0. The SMILES string of the molecule is Cc1cc(C(=O)NCc2ncc[nH]2)ccc1NN. The van der Waals surface area contributed by atoms with Gasteiger partial charge in [0.15, 0.2) is 0 Å². The number of hydrogen-bond donors (Lipinski definition) is 4. The van der Waals surface area contributed by atoms with Gasteiger partial charge in [-0.1, -0.05) is 0 Å². The maximum atomic E-state index is 11.9. The molecule has 5 N–H and O–H groups in total. The van der Waals surface area contributed by atoms with Gasteiger partial charge in [0.25, 0.3) is 5.91 Å². The van der Waals surface area contributed by atoms with Crippen molar-refractivity contribution < 1.29 is 4.79 Å². The summed E-state index contributed by atoms with van der Waals surface area (Å²) in [5, 5.41) is 2.78. The third kappa shape index (κ3) is 2.67. The van der Waals surface area contributed by atoms with Crippen molar-refractivity contribution in [3.63, 3.8) is 0 Å². The van der Waals surface area contributed by atoms with Crippen LogP contribution in [0, 0.1) is 6.92 Å². The van der Waals surface area contributed by atoms with Crippen molar-refractivity contribution in [3.8, 4) is 0 Å². The molecule has 0 atom stereocenters. The molecule has 0 saturated heterocycles. The van der Waals surface area contributed by atoms with E-state index in [4.69, 9.17) is 5.84 Å². The van der Waals surface area contributed by atoms with E-state index in [1.54, 1.807) is 30.6 Å². The van der Waals surface area contributed by atoms with Gasteiger partial charge in [0.1, 0.15) is 5.82 Å². The van der Waals surface area contributed by atoms with E-state index >= 15 is 0 Å². The number of nitrogens with two attached hydrogens (primary N) is 1. The third-order valence-corrected chi connectivity index (χ3v) is 2.62. The normalized spacial score (nSPS) is 10.1. The van der Waals surface area contributed by atoms with Crippen LogP contribution in [-0.2, 0) is 6.54 Å². The summed E-state index contributed by atoms with van der Waals surface area (Å²) in [5.41, 5.74) is 4.89. The molecule has 0 unspecified atom stereocenters. The summed E-state index contributed by atoms with van der Waals surface area (Å²) in [5.74, 6) is 5.92. The van der Waals surface area contributed by atoms with Crippen molar-refractivity contribution in [2.75, 3.05) is 5.43 Å². The molecule has 1 heterocycles. The number of aromatic amines is 1. The Balaban J connectivity index is 2.02. The number of rotatable bonds is 4. The number of nitrogens with zero attached hydrogens (tertiary/aromatic N) is 1. The molecule has 0 aliphatic rings. The molecule has 0 aliphatic carbocycles. The van der Waals surface area contributed by atoms with E-state index in [1.165, 1.54) is 0 Å². The van der Waals surface area contributed by atoms with Crippen LogP contribution in [0.2, 0.25) is 0 Å². The van der Waals surface area contributed by atoms with Crippen LogP contribution in [0.25, 0.3) is 0 Å². The second-order valence-electron chi connectivity index (χ2n) is 3.89. The zero-order chi connectivity index (χ0) is 13.0. The van der Waals surface area contributed by atoms with Gasteiger partial charge in [0.2, 0.25) is 0 Å². The number of amides is 1. The van der Waals surface area contributed by atoms with Crippen LogP contribution in [0.4, 0.5) is 5.69 Å². The number of aromatic nitrogens is 2. The van der Waals surface area contributed by atoms with E-state index in [9.17, 15) is 4.79 Å². The Kier molecular flexibility index (Phi) is 3.59. The molecular formula is C12H15N5O. The predicted molar refractivity (Wildman–Crippen MR) is 68.7 cm³/mol. The van der Waals surface area contributed by atoms with Gasteiger partial charge >= 0.3 is 0 Å². The summed E-state index contributed by atoms with van der Waals surface area (Å²) in [4.78, 5) is 18.8. The van der Waals surface area contributed by atoms with E-state index in [0.717, 1.165) is 17.1 Å².